The molecule has 166 valence electrons. The van der Waals surface area contributed by atoms with Crippen LogP contribution in [0.1, 0.15) is 44.7 Å². The summed E-state index contributed by atoms with van der Waals surface area (Å²) in [6.07, 6.45) is 1.20. The second kappa shape index (κ2) is 10.4. The van der Waals surface area contributed by atoms with Crippen LogP contribution in [0.15, 0.2) is 40.9 Å². The molecule has 3 rings (SSSR count). The fourth-order valence-electron chi connectivity index (χ4n) is 3.14. The molecule has 0 spiro atoms. The topological polar surface area (TPSA) is 118 Å². The molecule has 0 aliphatic rings. The van der Waals surface area contributed by atoms with E-state index in [0.29, 0.717) is 47.4 Å². The fourth-order valence-corrected chi connectivity index (χ4v) is 3.14. The second-order valence-corrected chi connectivity index (χ2v) is 7.43. The number of hydrogen-bond donors (Lipinski definition) is 1. The number of nitrogens with zero attached hydrogens (tertiary/aromatic N) is 3. The number of carboxylic acid groups (broad SMARTS) is 1. The molecule has 0 radical (unpaired) electrons. The van der Waals surface area contributed by atoms with Gasteiger partial charge in [-0.15, -0.1) is 0 Å². The van der Waals surface area contributed by atoms with Crippen LogP contribution in [0.4, 0.5) is 0 Å². The van der Waals surface area contributed by atoms with Crippen LogP contribution in [-0.2, 0) is 11.2 Å². The van der Waals surface area contributed by atoms with Crippen molar-refractivity contribution in [2.75, 3.05) is 6.61 Å². The van der Waals surface area contributed by atoms with E-state index in [2.05, 4.69) is 16.2 Å². The number of ether oxygens (including phenoxy) is 2. The van der Waals surface area contributed by atoms with E-state index in [9.17, 15) is 10.1 Å². The molecule has 8 nitrogen and oxygen atoms in total. The minimum atomic E-state index is -0.838. The Hall–Kier alpha value is -3.86. The molecular weight excluding hydrogens is 410 g/mol. The molecule has 0 aliphatic heterocycles. The van der Waals surface area contributed by atoms with Crippen molar-refractivity contribution >= 4 is 5.97 Å². The molecule has 1 heterocycles. The van der Waals surface area contributed by atoms with Crippen molar-refractivity contribution in [2.24, 2.45) is 0 Å². The lowest BCUT2D eigenvalue weighted by Gasteiger charge is -2.11. The Bertz CT molecular complexity index is 1130. The Balaban J connectivity index is 1.80. The van der Waals surface area contributed by atoms with E-state index < -0.39 is 5.97 Å². The van der Waals surface area contributed by atoms with Gasteiger partial charge in [0.25, 0.3) is 5.89 Å². The predicted molar refractivity (Wildman–Crippen MR) is 117 cm³/mol. The normalized spacial score (nSPS) is 10.7. The molecule has 0 fully saturated rings. The monoisotopic (exact) mass is 435 g/mol. The second-order valence-electron chi connectivity index (χ2n) is 7.43. The van der Waals surface area contributed by atoms with Gasteiger partial charge in [0.15, 0.2) is 0 Å². The van der Waals surface area contributed by atoms with E-state index in [0.717, 1.165) is 17.5 Å². The number of nitriles is 1. The van der Waals surface area contributed by atoms with Crippen molar-refractivity contribution < 1.29 is 23.9 Å². The molecule has 0 bridgehead atoms. The van der Waals surface area contributed by atoms with Gasteiger partial charge in [-0.3, -0.25) is 4.79 Å². The van der Waals surface area contributed by atoms with Crippen LogP contribution in [0.5, 0.6) is 11.5 Å². The Morgan fingerprint density at radius 2 is 2.06 bits per heavy atom. The van der Waals surface area contributed by atoms with Crippen molar-refractivity contribution in [3.8, 4) is 40.4 Å². The maximum atomic E-state index is 10.6. The zero-order chi connectivity index (χ0) is 23.1. The number of carboxylic acids is 1. The first-order valence-electron chi connectivity index (χ1n) is 10.4. The van der Waals surface area contributed by atoms with Gasteiger partial charge in [-0.25, -0.2) is 0 Å². The SMILES string of the molecule is CCc1cc(OCCCC(=O)O)ccc1-c1noc(-c2ccc(OC(C)C)c(C#N)c2)n1. The first-order valence-corrected chi connectivity index (χ1v) is 10.4. The van der Waals surface area contributed by atoms with Gasteiger partial charge in [0.2, 0.25) is 5.82 Å². The van der Waals surface area contributed by atoms with E-state index in [1.807, 2.05) is 32.9 Å². The molecule has 32 heavy (non-hydrogen) atoms. The minimum absolute atomic E-state index is 0.0421. The van der Waals surface area contributed by atoms with Crippen LogP contribution >= 0.6 is 0 Å². The van der Waals surface area contributed by atoms with Crippen molar-refractivity contribution in [3.63, 3.8) is 0 Å². The van der Waals surface area contributed by atoms with Gasteiger partial charge < -0.3 is 19.1 Å². The molecule has 0 unspecified atom stereocenters. The van der Waals surface area contributed by atoms with Gasteiger partial charge in [0.1, 0.15) is 17.6 Å². The first-order chi connectivity index (χ1) is 15.4. The van der Waals surface area contributed by atoms with Crippen LogP contribution in [0.2, 0.25) is 0 Å². The molecule has 0 aliphatic carbocycles. The van der Waals surface area contributed by atoms with Gasteiger partial charge in [0, 0.05) is 17.5 Å². The number of aryl methyl sites for hydroxylation is 1. The first kappa shape index (κ1) is 22.8. The van der Waals surface area contributed by atoms with Crippen LogP contribution < -0.4 is 9.47 Å². The molecular formula is C24H25N3O5. The zero-order valence-corrected chi connectivity index (χ0v) is 18.3. The maximum absolute atomic E-state index is 10.6. The Morgan fingerprint density at radius 1 is 1.25 bits per heavy atom. The summed E-state index contributed by atoms with van der Waals surface area (Å²) < 4.78 is 16.8. The predicted octanol–water partition coefficient (Wildman–Crippen LogP) is 4.87. The number of aromatic nitrogens is 2. The summed E-state index contributed by atoms with van der Waals surface area (Å²) in [6.45, 7) is 6.15. The number of rotatable bonds is 10. The molecule has 1 aromatic heterocycles. The van der Waals surface area contributed by atoms with Crippen LogP contribution in [0.25, 0.3) is 22.8 Å². The number of benzene rings is 2. The molecule has 8 heteroatoms. The standard InChI is InChI=1S/C24H25N3O5/c1-4-16-13-19(30-11-5-6-22(28)29)8-9-20(16)23-26-24(32-27-23)17-7-10-21(31-15(2)3)18(12-17)14-25/h7-10,12-13,15H,4-6,11H2,1-3H3,(H,28,29). The average Bonchev–Trinajstić information content (AvgIpc) is 3.26. The van der Waals surface area contributed by atoms with Gasteiger partial charge in [-0.1, -0.05) is 12.1 Å². The Kier molecular flexibility index (Phi) is 7.45. The summed E-state index contributed by atoms with van der Waals surface area (Å²) >= 11 is 0. The highest BCUT2D eigenvalue weighted by molar-refractivity contribution is 5.67. The Labute approximate surface area is 186 Å². The number of hydrogen-bond acceptors (Lipinski definition) is 7. The summed E-state index contributed by atoms with van der Waals surface area (Å²) in [7, 11) is 0. The van der Waals surface area contributed by atoms with E-state index >= 15 is 0 Å². The lowest BCUT2D eigenvalue weighted by molar-refractivity contribution is -0.137. The van der Waals surface area contributed by atoms with Gasteiger partial charge in [-0.2, -0.15) is 10.2 Å². The largest absolute Gasteiger partial charge is 0.494 e. The van der Waals surface area contributed by atoms with Crippen LogP contribution in [0, 0.1) is 11.3 Å². The molecule has 3 aromatic rings. The van der Waals surface area contributed by atoms with Crippen LogP contribution in [0.3, 0.4) is 0 Å². The fraction of sp³-hybridized carbons (Fsp3) is 0.333. The highest BCUT2D eigenvalue weighted by Crippen LogP contribution is 2.30. The highest BCUT2D eigenvalue weighted by atomic mass is 16.5. The van der Waals surface area contributed by atoms with Crippen molar-refractivity contribution in [3.05, 3.63) is 47.5 Å². The minimum Gasteiger partial charge on any atom is -0.494 e. The third-order valence-corrected chi connectivity index (χ3v) is 4.64. The molecule has 0 saturated carbocycles. The molecule has 0 saturated heterocycles. The summed E-state index contributed by atoms with van der Waals surface area (Å²) in [5, 5.41) is 22.3. The summed E-state index contributed by atoms with van der Waals surface area (Å²) in [6, 6.07) is 12.9. The Morgan fingerprint density at radius 3 is 2.75 bits per heavy atom. The van der Waals surface area contributed by atoms with E-state index in [4.69, 9.17) is 19.1 Å². The van der Waals surface area contributed by atoms with Gasteiger partial charge >= 0.3 is 5.97 Å². The van der Waals surface area contributed by atoms with Crippen molar-refractivity contribution in [1.29, 1.82) is 5.26 Å². The third-order valence-electron chi connectivity index (χ3n) is 4.64. The number of carbonyl (C=O) groups is 1. The highest BCUT2D eigenvalue weighted by Gasteiger charge is 2.16. The van der Waals surface area contributed by atoms with E-state index in [1.54, 1.807) is 24.3 Å². The van der Waals surface area contributed by atoms with Gasteiger partial charge in [0.05, 0.1) is 18.3 Å². The maximum Gasteiger partial charge on any atom is 0.303 e. The zero-order valence-electron chi connectivity index (χ0n) is 18.3. The quantitative estimate of drug-likeness (QED) is 0.448. The van der Waals surface area contributed by atoms with Crippen LogP contribution in [-0.4, -0.2) is 33.9 Å². The molecule has 0 amide bonds. The summed E-state index contributed by atoms with van der Waals surface area (Å²) in [5.41, 5.74) is 2.83. The lowest BCUT2D eigenvalue weighted by Crippen LogP contribution is -2.06. The average molecular weight is 435 g/mol. The number of aliphatic carboxylic acids is 1. The molecule has 0 atom stereocenters. The summed E-state index contributed by atoms with van der Waals surface area (Å²) in [5.74, 6) is 1.09. The van der Waals surface area contributed by atoms with E-state index in [1.165, 1.54) is 0 Å². The smallest absolute Gasteiger partial charge is 0.303 e. The van der Waals surface area contributed by atoms with Crippen molar-refractivity contribution in [1.82, 2.24) is 10.1 Å². The van der Waals surface area contributed by atoms with Crippen molar-refractivity contribution in [2.45, 2.75) is 46.1 Å². The van der Waals surface area contributed by atoms with E-state index in [-0.39, 0.29) is 12.5 Å². The van der Waals surface area contributed by atoms with Gasteiger partial charge in [-0.05, 0) is 68.7 Å². The summed E-state index contributed by atoms with van der Waals surface area (Å²) in [4.78, 5) is 15.1. The molecule has 2 aromatic carbocycles. The molecule has 1 N–H and O–H groups in total. The third kappa shape index (κ3) is 5.64. The lowest BCUT2D eigenvalue weighted by atomic mass is 10.0.